The second-order valence-corrected chi connectivity index (χ2v) is 12.7. The third-order valence-corrected chi connectivity index (χ3v) is 9.43. The summed E-state index contributed by atoms with van der Waals surface area (Å²) in [7, 11) is -3.87. The quantitative estimate of drug-likeness (QED) is 0.227. The van der Waals surface area contributed by atoms with E-state index in [-0.39, 0.29) is 36.1 Å². The van der Waals surface area contributed by atoms with E-state index < -0.39 is 57.0 Å². The summed E-state index contributed by atoms with van der Waals surface area (Å²) < 4.78 is 59.3. The fraction of sp³-hybridized carbons (Fsp3) is 0.333. The van der Waals surface area contributed by atoms with Crippen molar-refractivity contribution in [1.82, 2.24) is 10.6 Å². The van der Waals surface area contributed by atoms with E-state index in [4.69, 9.17) is 10.5 Å². The first-order valence-corrected chi connectivity index (χ1v) is 15.2. The van der Waals surface area contributed by atoms with Crippen LogP contribution in [-0.4, -0.2) is 62.2 Å². The van der Waals surface area contributed by atoms with Crippen molar-refractivity contribution in [3.05, 3.63) is 90.0 Å². The number of nitrogen functional groups attached to an aromatic ring is 1. The molecule has 1 aliphatic heterocycles. The van der Waals surface area contributed by atoms with Gasteiger partial charge in [-0.1, -0.05) is 44.2 Å². The summed E-state index contributed by atoms with van der Waals surface area (Å²) in [5.74, 6) is -3.41. The van der Waals surface area contributed by atoms with E-state index in [9.17, 15) is 31.9 Å². The van der Waals surface area contributed by atoms with Gasteiger partial charge in [-0.05, 0) is 54.3 Å². The maximum atomic E-state index is 13.9. The third-order valence-electron chi connectivity index (χ3n) is 7.12. The van der Waals surface area contributed by atoms with Crippen LogP contribution in [0.4, 0.5) is 25.0 Å². The third kappa shape index (κ3) is 7.48. The Morgan fingerprint density at radius 3 is 2.37 bits per heavy atom. The summed E-state index contributed by atoms with van der Waals surface area (Å²) in [5.41, 5.74) is 6.83. The summed E-state index contributed by atoms with van der Waals surface area (Å²) >= 11 is 0. The van der Waals surface area contributed by atoms with Gasteiger partial charge in [-0.25, -0.2) is 22.0 Å². The van der Waals surface area contributed by atoms with E-state index in [0.717, 1.165) is 28.7 Å². The number of amides is 2. The van der Waals surface area contributed by atoms with Crippen LogP contribution in [0.3, 0.4) is 0 Å². The van der Waals surface area contributed by atoms with Gasteiger partial charge in [-0.3, -0.25) is 15.0 Å². The van der Waals surface area contributed by atoms with Gasteiger partial charge < -0.3 is 20.9 Å². The van der Waals surface area contributed by atoms with Crippen molar-refractivity contribution in [3.8, 4) is 0 Å². The van der Waals surface area contributed by atoms with E-state index in [1.807, 2.05) is 6.07 Å². The number of ether oxygens (including phenoxy) is 1. The highest BCUT2D eigenvalue weighted by molar-refractivity contribution is 7.92. The average molecular weight is 617 g/mol. The number of halogens is 2. The van der Waals surface area contributed by atoms with Crippen LogP contribution in [0.5, 0.6) is 0 Å². The standard InChI is InChI=1S/C30H34F2N4O6S/c1-18(2)29(43(40,41)22-11-8-20(33)9-12-22)34-16-27(37)25(14-19-6-4-3-5-7-19)35-28(38)26-17-42-30(39)36(26)21-10-13-23(31)24(32)15-21/h3-13,15,18,25-27,29,34,37H,14,16-17,33H2,1-2H3,(H,35,38)/t25-,26?,27+,29?/m0/s1. The zero-order valence-corrected chi connectivity index (χ0v) is 24.4. The smallest absolute Gasteiger partial charge is 0.415 e. The van der Waals surface area contributed by atoms with E-state index in [0.29, 0.717) is 5.69 Å². The molecule has 5 N–H and O–H groups in total. The number of nitrogens with zero attached hydrogens (tertiary/aromatic N) is 1. The fourth-order valence-electron chi connectivity index (χ4n) is 4.85. The van der Waals surface area contributed by atoms with Crippen LogP contribution in [0.1, 0.15) is 19.4 Å². The molecule has 1 heterocycles. The van der Waals surface area contributed by atoms with Crippen molar-refractivity contribution in [1.29, 1.82) is 0 Å². The number of sulfone groups is 1. The topological polar surface area (TPSA) is 151 Å². The molecule has 0 saturated carbocycles. The first-order valence-electron chi connectivity index (χ1n) is 13.6. The van der Waals surface area contributed by atoms with Gasteiger partial charge in [0.1, 0.15) is 12.0 Å². The number of aliphatic hydroxyl groups is 1. The highest BCUT2D eigenvalue weighted by atomic mass is 32.2. The molecule has 3 aromatic carbocycles. The average Bonchev–Trinajstić information content (AvgIpc) is 3.36. The molecule has 0 aliphatic carbocycles. The summed E-state index contributed by atoms with van der Waals surface area (Å²) in [6, 6.07) is 15.4. The normalized spacial score (nSPS) is 17.4. The highest BCUT2D eigenvalue weighted by Gasteiger charge is 2.41. The van der Waals surface area contributed by atoms with Crippen molar-refractivity contribution < 1.29 is 36.6 Å². The number of cyclic esters (lactones) is 1. The molecule has 4 atom stereocenters. The van der Waals surface area contributed by atoms with Gasteiger partial charge in [0.15, 0.2) is 27.5 Å². The zero-order chi connectivity index (χ0) is 31.3. The van der Waals surface area contributed by atoms with Gasteiger partial charge >= 0.3 is 6.09 Å². The Bertz CT molecular complexity index is 1540. The lowest BCUT2D eigenvalue weighted by molar-refractivity contribution is -0.123. The monoisotopic (exact) mass is 616 g/mol. The van der Waals surface area contributed by atoms with E-state index in [1.165, 1.54) is 24.3 Å². The minimum atomic E-state index is -3.87. The number of hydrogen-bond donors (Lipinski definition) is 4. The van der Waals surface area contributed by atoms with Gasteiger partial charge in [0, 0.05) is 18.3 Å². The van der Waals surface area contributed by atoms with Crippen LogP contribution < -0.4 is 21.3 Å². The van der Waals surface area contributed by atoms with Crippen molar-refractivity contribution in [3.63, 3.8) is 0 Å². The summed E-state index contributed by atoms with van der Waals surface area (Å²) in [4.78, 5) is 26.9. The number of benzene rings is 3. The number of nitrogens with one attached hydrogen (secondary N) is 2. The van der Waals surface area contributed by atoms with E-state index in [1.54, 1.807) is 38.1 Å². The van der Waals surface area contributed by atoms with Gasteiger partial charge in [-0.15, -0.1) is 0 Å². The molecular formula is C30H34F2N4O6S. The van der Waals surface area contributed by atoms with Crippen LogP contribution in [0.2, 0.25) is 0 Å². The van der Waals surface area contributed by atoms with Crippen LogP contribution in [-0.2, 0) is 25.8 Å². The molecule has 0 radical (unpaired) electrons. The zero-order valence-electron chi connectivity index (χ0n) is 23.6. The molecule has 1 aliphatic rings. The molecule has 0 aromatic heterocycles. The van der Waals surface area contributed by atoms with Crippen molar-refractivity contribution >= 4 is 33.2 Å². The number of carbonyl (C=O) groups excluding carboxylic acids is 2. The predicted molar refractivity (Wildman–Crippen MR) is 157 cm³/mol. The maximum Gasteiger partial charge on any atom is 0.415 e. The molecule has 0 bridgehead atoms. The maximum absolute atomic E-state index is 13.9. The molecular weight excluding hydrogens is 582 g/mol. The Hall–Kier alpha value is -4.07. The number of aliphatic hydroxyl groups excluding tert-OH is 1. The molecule has 0 spiro atoms. The second kappa shape index (κ2) is 13.5. The van der Waals surface area contributed by atoms with Crippen LogP contribution in [0.15, 0.2) is 77.7 Å². The largest absolute Gasteiger partial charge is 0.446 e. The van der Waals surface area contributed by atoms with Crippen molar-refractivity contribution in [2.75, 3.05) is 23.8 Å². The Morgan fingerprint density at radius 1 is 1.07 bits per heavy atom. The Balaban J connectivity index is 1.54. The van der Waals surface area contributed by atoms with Crippen LogP contribution in [0, 0.1) is 17.6 Å². The summed E-state index contributed by atoms with van der Waals surface area (Å²) in [6.45, 7) is 2.89. The number of carbonyl (C=O) groups is 2. The Morgan fingerprint density at radius 2 is 1.74 bits per heavy atom. The highest BCUT2D eigenvalue weighted by Crippen LogP contribution is 2.26. The lowest BCUT2D eigenvalue weighted by Crippen LogP contribution is -2.55. The molecule has 1 fully saturated rings. The van der Waals surface area contributed by atoms with Crippen LogP contribution in [0.25, 0.3) is 0 Å². The van der Waals surface area contributed by atoms with Crippen molar-refractivity contribution in [2.45, 2.75) is 48.7 Å². The number of anilines is 2. The van der Waals surface area contributed by atoms with Gasteiger partial charge in [-0.2, -0.15) is 0 Å². The molecule has 230 valence electrons. The van der Waals surface area contributed by atoms with Crippen LogP contribution >= 0.6 is 0 Å². The molecule has 3 aromatic rings. The second-order valence-electron chi connectivity index (χ2n) is 10.6. The van der Waals surface area contributed by atoms with E-state index in [2.05, 4.69) is 10.6 Å². The van der Waals surface area contributed by atoms with Gasteiger partial charge in [0.05, 0.1) is 22.7 Å². The SMILES string of the molecule is CC(C)C(NC[C@@H](O)[C@H](Cc1ccccc1)NC(=O)C1COC(=O)N1c1ccc(F)c(F)c1)S(=O)(=O)c1ccc(N)cc1. The molecule has 43 heavy (non-hydrogen) atoms. The van der Waals surface area contributed by atoms with E-state index >= 15 is 0 Å². The molecule has 13 heteroatoms. The minimum Gasteiger partial charge on any atom is -0.446 e. The van der Waals surface area contributed by atoms with Gasteiger partial charge in [0.2, 0.25) is 5.91 Å². The Kier molecular flexibility index (Phi) is 9.99. The molecule has 10 nitrogen and oxygen atoms in total. The first-order chi connectivity index (χ1) is 20.4. The lowest BCUT2D eigenvalue weighted by atomic mass is 10.00. The predicted octanol–water partition coefficient (Wildman–Crippen LogP) is 3.01. The van der Waals surface area contributed by atoms with Crippen molar-refractivity contribution in [2.24, 2.45) is 5.92 Å². The molecule has 1 saturated heterocycles. The van der Waals surface area contributed by atoms with Gasteiger partial charge in [0.25, 0.3) is 0 Å². The Labute approximate surface area is 248 Å². The summed E-state index contributed by atoms with van der Waals surface area (Å²) in [6.07, 6.45) is -2.03. The number of nitrogens with two attached hydrogens (primary N) is 1. The fourth-order valence-corrected chi connectivity index (χ4v) is 6.69. The number of hydrogen-bond acceptors (Lipinski definition) is 8. The molecule has 2 unspecified atom stereocenters. The first kappa shape index (κ1) is 31.9. The lowest BCUT2D eigenvalue weighted by Gasteiger charge is -2.30. The minimum absolute atomic E-state index is 0.0692. The molecule has 4 rings (SSSR count). The number of rotatable bonds is 12. The summed E-state index contributed by atoms with van der Waals surface area (Å²) in [5, 5.41) is 15.9. The molecule has 2 amide bonds.